The maximum Gasteiger partial charge on any atom is 0.197 e. The van der Waals surface area contributed by atoms with E-state index in [1.54, 1.807) is 7.11 Å². The molecule has 1 unspecified atom stereocenters. The van der Waals surface area contributed by atoms with Gasteiger partial charge in [0.05, 0.1) is 13.2 Å². The first kappa shape index (κ1) is 12.1. The second-order valence-electron chi connectivity index (χ2n) is 3.21. The smallest absolute Gasteiger partial charge is 0.197 e. The number of aromatic nitrogens is 1. The molecule has 1 heterocycles. The van der Waals surface area contributed by atoms with Crippen molar-refractivity contribution in [2.24, 2.45) is 0 Å². The lowest BCUT2D eigenvalue weighted by Gasteiger charge is -2.09. The maximum absolute atomic E-state index is 9.36. The first-order valence-corrected chi connectivity index (χ1v) is 5.67. The van der Waals surface area contributed by atoms with Gasteiger partial charge in [0.25, 0.3) is 0 Å². The monoisotopic (exact) mass is 231 g/mol. The number of methoxy groups -OCH3 is 1. The summed E-state index contributed by atoms with van der Waals surface area (Å²) in [4.78, 5) is 0. The Hall–Kier alpha value is -1.01. The van der Waals surface area contributed by atoms with Crippen LogP contribution in [0.25, 0.3) is 0 Å². The van der Waals surface area contributed by atoms with Crippen LogP contribution in [0, 0.1) is 0 Å². The van der Waals surface area contributed by atoms with E-state index in [2.05, 4.69) is 9.69 Å². The third-order valence-corrected chi connectivity index (χ3v) is 2.91. The fraction of sp³-hybridized carbons (Fsp3) is 0.667. The molecule has 5 nitrogen and oxygen atoms in total. The molecule has 86 valence electrons. The van der Waals surface area contributed by atoms with Gasteiger partial charge in [0.2, 0.25) is 0 Å². The average Bonchev–Trinajstić information content (AvgIpc) is 2.59. The van der Waals surface area contributed by atoms with E-state index < -0.39 is 0 Å². The number of rotatable bonds is 6. The number of aliphatic hydroxyl groups excluding tert-OH is 1. The van der Waals surface area contributed by atoms with Gasteiger partial charge < -0.3 is 20.9 Å². The normalized spacial score (nSPS) is 12.5. The topological polar surface area (TPSA) is 80.4 Å². The van der Waals surface area contributed by atoms with Crippen molar-refractivity contribution >= 4 is 22.4 Å². The molecule has 1 aromatic rings. The summed E-state index contributed by atoms with van der Waals surface area (Å²) in [5.74, 6) is 0.993. The number of ether oxygens (including phenoxy) is 1. The van der Waals surface area contributed by atoms with Gasteiger partial charge in [-0.1, -0.05) is 6.92 Å². The Kier molecular flexibility index (Phi) is 4.64. The second kappa shape index (κ2) is 5.77. The van der Waals surface area contributed by atoms with Crippen LogP contribution in [0.3, 0.4) is 0 Å². The van der Waals surface area contributed by atoms with E-state index in [0.717, 1.165) is 11.4 Å². The molecule has 1 rings (SSSR count). The van der Waals surface area contributed by atoms with Crippen LogP contribution < -0.4 is 15.8 Å². The van der Waals surface area contributed by atoms with Gasteiger partial charge in [0, 0.05) is 6.54 Å². The van der Waals surface area contributed by atoms with Gasteiger partial charge in [-0.2, -0.15) is 4.37 Å². The lowest BCUT2D eigenvalue weighted by Crippen LogP contribution is -2.12. The Morgan fingerprint density at radius 1 is 1.67 bits per heavy atom. The lowest BCUT2D eigenvalue weighted by molar-refractivity contribution is 0.164. The molecule has 0 amide bonds. The number of nitrogen functional groups attached to an aromatic ring is 1. The molecule has 0 spiro atoms. The molecule has 0 saturated carbocycles. The number of nitrogens with one attached hydrogen (secondary N) is 1. The molecule has 0 fully saturated rings. The van der Waals surface area contributed by atoms with Crippen molar-refractivity contribution in [3.8, 4) is 5.75 Å². The zero-order chi connectivity index (χ0) is 11.3. The van der Waals surface area contributed by atoms with E-state index in [1.807, 2.05) is 6.92 Å². The third-order valence-electron chi connectivity index (χ3n) is 2.11. The number of aliphatic hydroxyl groups is 1. The SMILES string of the molecule is CCC(O)CCNc1snc(N)c1OC. The van der Waals surface area contributed by atoms with Crippen LogP contribution in [-0.4, -0.2) is 29.2 Å². The highest BCUT2D eigenvalue weighted by atomic mass is 32.1. The van der Waals surface area contributed by atoms with Crippen molar-refractivity contribution in [3.63, 3.8) is 0 Å². The zero-order valence-electron chi connectivity index (χ0n) is 8.99. The fourth-order valence-electron chi connectivity index (χ4n) is 1.16. The average molecular weight is 231 g/mol. The summed E-state index contributed by atoms with van der Waals surface area (Å²) >= 11 is 1.27. The van der Waals surface area contributed by atoms with E-state index in [-0.39, 0.29) is 6.10 Å². The van der Waals surface area contributed by atoms with E-state index in [9.17, 15) is 5.11 Å². The summed E-state index contributed by atoms with van der Waals surface area (Å²) in [5, 5.41) is 13.3. The van der Waals surface area contributed by atoms with Gasteiger partial charge in [0.15, 0.2) is 16.6 Å². The Morgan fingerprint density at radius 3 is 3.00 bits per heavy atom. The molecule has 0 aromatic carbocycles. The van der Waals surface area contributed by atoms with E-state index in [4.69, 9.17) is 10.5 Å². The van der Waals surface area contributed by atoms with Crippen molar-refractivity contribution in [2.75, 3.05) is 24.7 Å². The van der Waals surface area contributed by atoms with Crippen molar-refractivity contribution in [1.82, 2.24) is 4.37 Å². The Balaban J connectivity index is 2.43. The summed E-state index contributed by atoms with van der Waals surface area (Å²) in [7, 11) is 1.56. The van der Waals surface area contributed by atoms with Crippen molar-refractivity contribution < 1.29 is 9.84 Å². The minimum Gasteiger partial charge on any atom is -0.490 e. The van der Waals surface area contributed by atoms with Gasteiger partial charge in [-0.15, -0.1) is 0 Å². The van der Waals surface area contributed by atoms with E-state index in [0.29, 0.717) is 24.5 Å². The fourth-order valence-corrected chi connectivity index (χ4v) is 1.87. The minimum absolute atomic E-state index is 0.256. The summed E-state index contributed by atoms with van der Waals surface area (Å²) in [6.45, 7) is 2.64. The predicted molar refractivity (Wildman–Crippen MR) is 62.5 cm³/mol. The Bertz CT molecular complexity index is 304. The molecular weight excluding hydrogens is 214 g/mol. The van der Waals surface area contributed by atoms with Crippen molar-refractivity contribution in [1.29, 1.82) is 0 Å². The highest BCUT2D eigenvalue weighted by molar-refractivity contribution is 7.11. The quantitative estimate of drug-likeness (QED) is 0.687. The molecule has 0 bridgehead atoms. The second-order valence-corrected chi connectivity index (χ2v) is 3.98. The zero-order valence-corrected chi connectivity index (χ0v) is 9.80. The molecule has 0 aliphatic rings. The van der Waals surface area contributed by atoms with Crippen LogP contribution in [0.5, 0.6) is 5.75 Å². The molecular formula is C9H17N3O2S. The number of hydrogen-bond donors (Lipinski definition) is 3. The van der Waals surface area contributed by atoms with Gasteiger partial charge in [-0.05, 0) is 24.4 Å². The molecule has 0 saturated heterocycles. The van der Waals surface area contributed by atoms with Crippen molar-refractivity contribution in [2.45, 2.75) is 25.9 Å². The summed E-state index contributed by atoms with van der Waals surface area (Å²) in [6.07, 6.45) is 1.22. The Labute approximate surface area is 93.4 Å². The molecule has 15 heavy (non-hydrogen) atoms. The molecule has 0 aliphatic carbocycles. The molecule has 0 aliphatic heterocycles. The highest BCUT2D eigenvalue weighted by Crippen LogP contribution is 2.34. The molecule has 6 heteroatoms. The molecule has 1 aromatic heterocycles. The predicted octanol–water partition coefficient (Wildman–Crippen LogP) is 1.31. The summed E-state index contributed by atoms with van der Waals surface area (Å²) < 4.78 is 9.07. The summed E-state index contributed by atoms with van der Waals surface area (Å²) in [6, 6.07) is 0. The van der Waals surface area contributed by atoms with Crippen molar-refractivity contribution in [3.05, 3.63) is 0 Å². The van der Waals surface area contributed by atoms with Gasteiger partial charge in [-0.3, -0.25) is 0 Å². The molecule has 4 N–H and O–H groups in total. The number of anilines is 2. The number of nitrogens with zero attached hydrogens (tertiary/aromatic N) is 1. The first-order chi connectivity index (χ1) is 7.19. The highest BCUT2D eigenvalue weighted by Gasteiger charge is 2.11. The Morgan fingerprint density at radius 2 is 2.40 bits per heavy atom. The van der Waals surface area contributed by atoms with Crippen LogP contribution in [0.1, 0.15) is 19.8 Å². The van der Waals surface area contributed by atoms with Crippen LogP contribution in [0.2, 0.25) is 0 Å². The molecule has 1 atom stereocenters. The van der Waals surface area contributed by atoms with Crippen LogP contribution in [0.4, 0.5) is 10.8 Å². The lowest BCUT2D eigenvalue weighted by atomic mass is 10.2. The first-order valence-electron chi connectivity index (χ1n) is 4.90. The van der Waals surface area contributed by atoms with E-state index >= 15 is 0 Å². The number of nitrogens with two attached hydrogens (primary N) is 1. The maximum atomic E-state index is 9.36. The van der Waals surface area contributed by atoms with Crippen LogP contribution in [0.15, 0.2) is 0 Å². The number of hydrogen-bond acceptors (Lipinski definition) is 6. The standard InChI is InChI=1S/C9H17N3O2S/c1-3-6(13)4-5-11-9-7(14-2)8(10)12-15-9/h6,11,13H,3-5H2,1-2H3,(H2,10,12). The molecule has 0 radical (unpaired) electrons. The third kappa shape index (κ3) is 3.24. The van der Waals surface area contributed by atoms with Gasteiger partial charge in [0.1, 0.15) is 0 Å². The van der Waals surface area contributed by atoms with Gasteiger partial charge >= 0.3 is 0 Å². The largest absolute Gasteiger partial charge is 0.490 e. The van der Waals surface area contributed by atoms with Crippen LogP contribution >= 0.6 is 11.5 Å². The van der Waals surface area contributed by atoms with Crippen LogP contribution in [-0.2, 0) is 0 Å². The summed E-state index contributed by atoms with van der Waals surface area (Å²) in [5.41, 5.74) is 5.59. The van der Waals surface area contributed by atoms with Gasteiger partial charge in [-0.25, -0.2) is 0 Å². The van der Waals surface area contributed by atoms with E-state index in [1.165, 1.54) is 11.5 Å². The minimum atomic E-state index is -0.256.